The summed E-state index contributed by atoms with van der Waals surface area (Å²) in [6.07, 6.45) is 1.64. The van der Waals surface area contributed by atoms with E-state index >= 15 is 0 Å². The van der Waals surface area contributed by atoms with Gasteiger partial charge in [-0.25, -0.2) is 0 Å². The molecule has 1 heterocycles. The molecule has 0 aliphatic carbocycles. The lowest BCUT2D eigenvalue weighted by Crippen LogP contribution is -2.22. The van der Waals surface area contributed by atoms with Gasteiger partial charge >= 0.3 is 0 Å². The van der Waals surface area contributed by atoms with Crippen molar-refractivity contribution in [3.63, 3.8) is 0 Å². The second kappa shape index (κ2) is 3.26. The van der Waals surface area contributed by atoms with Gasteiger partial charge in [0.1, 0.15) is 0 Å². The predicted molar refractivity (Wildman–Crippen MR) is 36.1 cm³/mol. The molecule has 56 valence electrons. The van der Waals surface area contributed by atoms with E-state index in [4.69, 9.17) is 5.73 Å². The van der Waals surface area contributed by atoms with Crippen molar-refractivity contribution in [1.82, 2.24) is 20.6 Å². The molecule has 0 fully saturated rings. The zero-order chi connectivity index (χ0) is 7.40. The fraction of sp³-hybridized carbons (Fsp3) is 0.800. The van der Waals surface area contributed by atoms with Crippen LogP contribution in [0.2, 0.25) is 0 Å². The molecule has 1 aromatic heterocycles. The van der Waals surface area contributed by atoms with E-state index in [2.05, 4.69) is 20.6 Å². The van der Waals surface area contributed by atoms with Crippen LogP contribution in [0.3, 0.4) is 0 Å². The topological polar surface area (TPSA) is 80.5 Å². The van der Waals surface area contributed by atoms with Crippen LogP contribution < -0.4 is 5.73 Å². The summed E-state index contributed by atoms with van der Waals surface area (Å²) in [5.74, 6) is 0.689. The molecule has 0 aliphatic rings. The Bertz CT molecular complexity index is 170. The highest BCUT2D eigenvalue weighted by Crippen LogP contribution is 1.93. The highest BCUT2D eigenvalue weighted by atomic mass is 15.5. The molecule has 0 aliphatic heterocycles. The Morgan fingerprint density at radius 2 is 2.50 bits per heavy atom. The van der Waals surface area contributed by atoms with E-state index in [0.717, 1.165) is 6.42 Å². The first-order valence-electron chi connectivity index (χ1n) is 3.30. The number of hydrogen-bond acceptors (Lipinski definition) is 4. The summed E-state index contributed by atoms with van der Waals surface area (Å²) < 4.78 is 0. The Hall–Kier alpha value is -0.970. The van der Waals surface area contributed by atoms with Gasteiger partial charge in [0.2, 0.25) is 0 Å². The molecule has 1 unspecified atom stereocenters. The van der Waals surface area contributed by atoms with Crippen LogP contribution in [0.15, 0.2) is 0 Å². The number of nitrogens with zero attached hydrogens (tertiary/aromatic N) is 3. The van der Waals surface area contributed by atoms with Crippen LogP contribution in [0.1, 0.15) is 19.2 Å². The molecule has 5 heteroatoms. The maximum Gasteiger partial charge on any atom is 0.176 e. The van der Waals surface area contributed by atoms with Crippen LogP contribution in [0.25, 0.3) is 0 Å². The van der Waals surface area contributed by atoms with Gasteiger partial charge in [0.15, 0.2) is 5.82 Å². The van der Waals surface area contributed by atoms with Crippen molar-refractivity contribution >= 4 is 0 Å². The molecular formula is C5H11N5. The Balaban J connectivity index is 2.40. The number of hydrogen-bond donors (Lipinski definition) is 2. The largest absolute Gasteiger partial charge is 0.327 e. The maximum atomic E-state index is 5.64. The third kappa shape index (κ3) is 1.77. The number of nitrogens with one attached hydrogen (secondary N) is 1. The number of H-pyrrole nitrogens is 1. The lowest BCUT2D eigenvalue weighted by molar-refractivity contribution is 0.625. The number of nitrogens with two attached hydrogens (primary N) is 1. The average Bonchev–Trinajstić information content (AvgIpc) is 2.40. The maximum absolute atomic E-state index is 5.64. The molecule has 0 saturated carbocycles. The number of aromatic nitrogens is 4. The number of tetrazole rings is 1. The minimum atomic E-state index is 0.151. The lowest BCUT2D eigenvalue weighted by atomic mass is 10.2. The van der Waals surface area contributed by atoms with Gasteiger partial charge in [-0.15, -0.1) is 10.2 Å². The molecular weight excluding hydrogens is 130 g/mol. The van der Waals surface area contributed by atoms with E-state index in [1.165, 1.54) is 0 Å². The third-order valence-corrected chi connectivity index (χ3v) is 1.36. The van der Waals surface area contributed by atoms with Gasteiger partial charge in [0, 0.05) is 12.5 Å². The van der Waals surface area contributed by atoms with Crippen LogP contribution in [0.4, 0.5) is 0 Å². The summed E-state index contributed by atoms with van der Waals surface area (Å²) in [7, 11) is 0. The highest BCUT2D eigenvalue weighted by Gasteiger charge is 2.03. The summed E-state index contributed by atoms with van der Waals surface area (Å²) >= 11 is 0. The lowest BCUT2D eigenvalue weighted by Gasteiger charge is -2.02. The molecule has 1 atom stereocenters. The smallest absolute Gasteiger partial charge is 0.176 e. The molecule has 1 rings (SSSR count). The normalized spacial score (nSPS) is 13.4. The molecule has 0 bridgehead atoms. The van der Waals surface area contributed by atoms with E-state index in [-0.39, 0.29) is 6.04 Å². The van der Waals surface area contributed by atoms with Gasteiger partial charge in [-0.05, 0) is 6.42 Å². The molecule has 0 spiro atoms. The van der Waals surface area contributed by atoms with Crippen molar-refractivity contribution in [2.24, 2.45) is 5.73 Å². The average molecular weight is 141 g/mol. The first-order chi connectivity index (χ1) is 4.83. The van der Waals surface area contributed by atoms with E-state index in [1.54, 1.807) is 0 Å². The van der Waals surface area contributed by atoms with Gasteiger partial charge in [0.05, 0.1) is 0 Å². The van der Waals surface area contributed by atoms with Gasteiger partial charge in [-0.1, -0.05) is 12.1 Å². The van der Waals surface area contributed by atoms with Crippen molar-refractivity contribution in [2.75, 3.05) is 0 Å². The van der Waals surface area contributed by atoms with Crippen molar-refractivity contribution < 1.29 is 0 Å². The monoisotopic (exact) mass is 141 g/mol. The summed E-state index contributed by atoms with van der Waals surface area (Å²) in [4.78, 5) is 0. The zero-order valence-corrected chi connectivity index (χ0v) is 5.91. The van der Waals surface area contributed by atoms with Crippen molar-refractivity contribution in [2.45, 2.75) is 25.8 Å². The van der Waals surface area contributed by atoms with Crippen LogP contribution in [0, 0.1) is 0 Å². The summed E-state index contributed by atoms with van der Waals surface area (Å²) in [5.41, 5.74) is 5.64. The fourth-order valence-electron chi connectivity index (χ4n) is 0.648. The standard InChI is InChI=1S/C5H11N5/c1-2-4(6)3-5-7-9-10-8-5/h4H,2-3,6H2,1H3,(H,7,8,9,10). The van der Waals surface area contributed by atoms with Crippen molar-refractivity contribution in [3.8, 4) is 0 Å². The second-order valence-corrected chi connectivity index (χ2v) is 2.20. The minimum absolute atomic E-state index is 0.151. The van der Waals surface area contributed by atoms with Crippen LogP contribution in [-0.2, 0) is 6.42 Å². The van der Waals surface area contributed by atoms with Gasteiger partial charge in [0.25, 0.3) is 0 Å². The molecule has 0 radical (unpaired) electrons. The first kappa shape index (κ1) is 7.14. The van der Waals surface area contributed by atoms with E-state index in [0.29, 0.717) is 12.2 Å². The molecule has 1 aromatic rings. The van der Waals surface area contributed by atoms with Crippen molar-refractivity contribution in [3.05, 3.63) is 5.82 Å². The fourth-order valence-corrected chi connectivity index (χ4v) is 0.648. The van der Waals surface area contributed by atoms with E-state index < -0.39 is 0 Å². The number of rotatable bonds is 3. The molecule has 3 N–H and O–H groups in total. The molecule has 0 amide bonds. The van der Waals surface area contributed by atoms with Crippen molar-refractivity contribution in [1.29, 1.82) is 0 Å². The van der Waals surface area contributed by atoms with E-state index in [9.17, 15) is 0 Å². The molecule has 0 saturated heterocycles. The summed E-state index contributed by atoms with van der Waals surface area (Å²) in [6.45, 7) is 2.03. The predicted octanol–water partition coefficient (Wildman–Crippen LogP) is -0.520. The molecule has 0 aromatic carbocycles. The first-order valence-corrected chi connectivity index (χ1v) is 3.30. The Labute approximate surface area is 59.0 Å². The number of aromatic amines is 1. The summed E-state index contributed by atoms with van der Waals surface area (Å²) in [5, 5.41) is 13.3. The SMILES string of the molecule is CCC(N)Cc1nn[nH]n1. The van der Waals surface area contributed by atoms with E-state index in [1.807, 2.05) is 6.92 Å². The Morgan fingerprint density at radius 3 is 3.00 bits per heavy atom. The van der Waals surface area contributed by atoms with Crippen LogP contribution in [-0.4, -0.2) is 26.7 Å². The van der Waals surface area contributed by atoms with Crippen LogP contribution in [0.5, 0.6) is 0 Å². The minimum Gasteiger partial charge on any atom is -0.327 e. The zero-order valence-electron chi connectivity index (χ0n) is 5.91. The van der Waals surface area contributed by atoms with Gasteiger partial charge in [-0.3, -0.25) is 0 Å². The third-order valence-electron chi connectivity index (χ3n) is 1.36. The van der Waals surface area contributed by atoms with Crippen LogP contribution >= 0.6 is 0 Å². The quantitative estimate of drug-likeness (QED) is 0.593. The van der Waals surface area contributed by atoms with Gasteiger partial charge < -0.3 is 5.73 Å². The Morgan fingerprint density at radius 1 is 1.70 bits per heavy atom. The molecule has 5 nitrogen and oxygen atoms in total. The highest BCUT2D eigenvalue weighted by molar-refractivity contribution is 4.81. The second-order valence-electron chi connectivity index (χ2n) is 2.20. The van der Waals surface area contributed by atoms with Gasteiger partial charge in [-0.2, -0.15) is 5.21 Å². The summed E-state index contributed by atoms with van der Waals surface area (Å²) in [6, 6.07) is 0.151. The Kier molecular flexibility index (Phi) is 2.33. The molecule has 10 heavy (non-hydrogen) atoms.